The van der Waals surface area contributed by atoms with Gasteiger partial charge in [-0.2, -0.15) is 5.10 Å². The Kier molecular flexibility index (Phi) is 6.90. The number of anilines is 1. The van der Waals surface area contributed by atoms with Crippen molar-refractivity contribution in [1.29, 1.82) is 0 Å². The zero-order valence-electron chi connectivity index (χ0n) is 17.6. The number of halogens is 2. The number of aromatic nitrogens is 2. The molecule has 0 bridgehead atoms. The lowest BCUT2D eigenvalue weighted by atomic mass is 9.95. The van der Waals surface area contributed by atoms with Gasteiger partial charge in [0, 0.05) is 10.6 Å². The summed E-state index contributed by atoms with van der Waals surface area (Å²) in [5.74, 6) is -0.847. The first-order valence-electron chi connectivity index (χ1n) is 10.2. The molecular weight excluding hydrogens is 412 g/mol. The van der Waals surface area contributed by atoms with Crippen LogP contribution in [0.15, 0.2) is 6.07 Å². The van der Waals surface area contributed by atoms with Crippen molar-refractivity contribution in [2.45, 2.75) is 78.4 Å². The minimum atomic E-state index is -2.70. The van der Waals surface area contributed by atoms with Crippen LogP contribution in [-0.4, -0.2) is 27.8 Å². The molecule has 0 aromatic carbocycles. The zero-order valence-corrected chi connectivity index (χ0v) is 18.4. The summed E-state index contributed by atoms with van der Waals surface area (Å²) in [6.07, 6.45) is 1.44. The van der Waals surface area contributed by atoms with Gasteiger partial charge in [-0.1, -0.05) is 6.92 Å². The van der Waals surface area contributed by atoms with E-state index in [0.29, 0.717) is 22.7 Å². The number of hydrogen-bond acceptors (Lipinski definition) is 5. The Labute approximate surface area is 178 Å². The minimum absolute atomic E-state index is 0.224. The van der Waals surface area contributed by atoms with E-state index in [9.17, 15) is 18.4 Å². The highest BCUT2D eigenvalue weighted by molar-refractivity contribution is 7.17. The molecule has 2 aromatic heterocycles. The maximum absolute atomic E-state index is 13.0. The van der Waals surface area contributed by atoms with Crippen LogP contribution in [0.25, 0.3) is 0 Å². The largest absolute Gasteiger partial charge is 0.459 e. The molecule has 0 aliphatic heterocycles. The number of esters is 1. The van der Waals surface area contributed by atoms with E-state index < -0.39 is 24.3 Å². The molecule has 9 heteroatoms. The molecule has 0 spiro atoms. The third kappa shape index (κ3) is 4.55. The Balaban J connectivity index is 1.87. The fraction of sp³-hybridized carbons (Fsp3) is 0.571. The number of aryl methyl sites for hydroxylation is 2. The van der Waals surface area contributed by atoms with Crippen LogP contribution in [0.2, 0.25) is 0 Å². The van der Waals surface area contributed by atoms with E-state index in [-0.39, 0.29) is 11.8 Å². The summed E-state index contributed by atoms with van der Waals surface area (Å²) < 4.78 is 32.7. The van der Waals surface area contributed by atoms with Gasteiger partial charge in [-0.3, -0.25) is 9.48 Å². The number of fused-ring (bicyclic) bond motifs is 1. The lowest BCUT2D eigenvalue weighted by Gasteiger charge is -2.16. The number of carbonyl (C=O) groups is 2. The molecule has 30 heavy (non-hydrogen) atoms. The Morgan fingerprint density at radius 2 is 2.00 bits per heavy atom. The maximum atomic E-state index is 13.0. The maximum Gasteiger partial charge on any atom is 0.341 e. The van der Waals surface area contributed by atoms with Gasteiger partial charge in [0.25, 0.3) is 6.43 Å². The van der Waals surface area contributed by atoms with E-state index >= 15 is 0 Å². The Morgan fingerprint density at radius 1 is 1.30 bits per heavy atom. The van der Waals surface area contributed by atoms with Gasteiger partial charge in [0.05, 0.1) is 11.7 Å². The first-order chi connectivity index (χ1) is 14.2. The van der Waals surface area contributed by atoms with Crippen molar-refractivity contribution < 1.29 is 23.1 Å². The molecule has 1 aliphatic rings. The molecule has 6 nitrogen and oxygen atoms in total. The summed E-state index contributed by atoms with van der Waals surface area (Å²) in [5, 5.41) is 7.16. The average molecular weight is 440 g/mol. The molecular formula is C21H27F2N3O3S. The Hall–Kier alpha value is -2.29. The molecule has 164 valence electrons. The molecule has 1 aliphatic carbocycles. The second-order valence-electron chi connectivity index (χ2n) is 7.66. The minimum Gasteiger partial charge on any atom is -0.459 e. The van der Waals surface area contributed by atoms with Crippen LogP contribution in [0.3, 0.4) is 0 Å². The molecule has 2 atom stereocenters. The molecule has 1 N–H and O–H groups in total. The van der Waals surface area contributed by atoms with E-state index in [1.165, 1.54) is 22.1 Å². The number of hydrogen-bond donors (Lipinski definition) is 1. The van der Waals surface area contributed by atoms with Gasteiger partial charge in [0.1, 0.15) is 16.7 Å². The predicted octanol–water partition coefficient (Wildman–Crippen LogP) is 5.22. The third-order valence-electron chi connectivity index (χ3n) is 5.41. The summed E-state index contributed by atoms with van der Waals surface area (Å²) in [6, 6.07) is 0.461. The van der Waals surface area contributed by atoms with E-state index in [4.69, 9.17) is 4.74 Å². The molecule has 3 rings (SSSR count). The van der Waals surface area contributed by atoms with Crippen molar-refractivity contribution in [1.82, 2.24) is 9.78 Å². The molecule has 2 heterocycles. The zero-order chi connectivity index (χ0) is 22.0. The van der Waals surface area contributed by atoms with E-state index in [1.807, 2.05) is 13.8 Å². The molecule has 1 amide bonds. The van der Waals surface area contributed by atoms with Crippen LogP contribution >= 0.6 is 11.3 Å². The van der Waals surface area contributed by atoms with E-state index in [1.54, 1.807) is 13.8 Å². The van der Waals surface area contributed by atoms with Crippen molar-refractivity contribution in [3.05, 3.63) is 33.5 Å². The monoisotopic (exact) mass is 439 g/mol. The van der Waals surface area contributed by atoms with Gasteiger partial charge in [0.15, 0.2) is 0 Å². The molecule has 0 saturated carbocycles. The number of nitrogens with zero attached hydrogens (tertiary/aromatic N) is 2. The first-order valence-corrected chi connectivity index (χ1v) is 11.0. The van der Waals surface area contributed by atoms with Gasteiger partial charge < -0.3 is 10.1 Å². The van der Waals surface area contributed by atoms with Crippen molar-refractivity contribution in [3.8, 4) is 0 Å². The Morgan fingerprint density at radius 3 is 2.63 bits per heavy atom. The number of alkyl halides is 2. The van der Waals surface area contributed by atoms with Crippen LogP contribution in [0.4, 0.5) is 13.8 Å². The fourth-order valence-electron chi connectivity index (χ4n) is 3.53. The van der Waals surface area contributed by atoms with Gasteiger partial charge >= 0.3 is 5.97 Å². The van der Waals surface area contributed by atoms with Crippen LogP contribution in [-0.2, 0) is 22.4 Å². The summed E-state index contributed by atoms with van der Waals surface area (Å²) in [5.41, 5.74) is 1.49. The first kappa shape index (κ1) is 22.4. The number of amides is 1. The van der Waals surface area contributed by atoms with Crippen LogP contribution in [0, 0.1) is 6.92 Å². The SMILES string of the molecule is CCC(C)OC(=O)c1c(NC(=O)C(C)n2nc(C(F)F)cc2C)sc2c1CCCC2. The van der Waals surface area contributed by atoms with Crippen molar-refractivity contribution in [2.24, 2.45) is 0 Å². The van der Waals surface area contributed by atoms with Crippen molar-refractivity contribution in [3.63, 3.8) is 0 Å². The third-order valence-corrected chi connectivity index (χ3v) is 6.61. The second kappa shape index (κ2) is 9.24. The van der Waals surface area contributed by atoms with Gasteiger partial charge in [-0.05, 0) is 64.5 Å². The van der Waals surface area contributed by atoms with Crippen LogP contribution in [0.5, 0.6) is 0 Å². The van der Waals surface area contributed by atoms with Gasteiger partial charge in [-0.15, -0.1) is 11.3 Å². The topological polar surface area (TPSA) is 73.2 Å². The Bertz CT molecular complexity index is 938. The normalized spacial score (nSPS) is 15.6. The predicted molar refractivity (Wildman–Crippen MR) is 111 cm³/mol. The van der Waals surface area contributed by atoms with E-state index in [0.717, 1.165) is 36.1 Å². The number of nitrogens with one attached hydrogen (secondary N) is 1. The fourth-order valence-corrected chi connectivity index (χ4v) is 4.81. The second-order valence-corrected chi connectivity index (χ2v) is 8.77. The highest BCUT2D eigenvalue weighted by Gasteiger charge is 2.30. The molecule has 0 radical (unpaired) electrons. The molecule has 0 fully saturated rings. The standard InChI is InChI=1S/C21H27F2N3O3S/c1-5-12(3)29-21(28)17-14-8-6-7-9-16(14)30-20(17)24-19(27)13(4)26-11(2)10-15(25-26)18(22)23/h10,12-13,18H,5-9H2,1-4H3,(H,24,27). The smallest absolute Gasteiger partial charge is 0.341 e. The lowest BCUT2D eigenvalue weighted by Crippen LogP contribution is -2.26. The van der Waals surface area contributed by atoms with Crippen molar-refractivity contribution in [2.75, 3.05) is 5.32 Å². The number of carbonyl (C=O) groups excluding carboxylic acids is 2. The molecule has 2 aromatic rings. The highest BCUT2D eigenvalue weighted by atomic mass is 32.1. The summed E-state index contributed by atoms with van der Waals surface area (Å²) in [4.78, 5) is 26.9. The summed E-state index contributed by atoms with van der Waals surface area (Å²) in [6.45, 7) is 6.99. The quantitative estimate of drug-likeness (QED) is 0.600. The van der Waals surface area contributed by atoms with Crippen LogP contribution < -0.4 is 5.32 Å². The number of rotatable bonds is 7. The number of ether oxygens (including phenoxy) is 1. The van der Waals surface area contributed by atoms with Gasteiger partial charge in [-0.25, -0.2) is 13.6 Å². The lowest BCUT2D eigenvalue weighted by molar-refractivity contribution is -0.119. The highest BCUT2D eigenvalue weighted by Crippen LogP contribution is 2.39. The summed E-state index contributed by atoms with van der Waals surface area (Å²) in [7, 11) is 0. The number of thiophene rings is 1. The van der Waals surface area contributed by atoms with Gasteiger partial charge in [0.2, 0.25) is 5.91 Å². The average Bonchev–Trinajstić information content (AvgIpc) is 3.27. The van der Waals surface area contributed by atoms with Crippen molar-refractivity contribution >= 4 is 28.2 Å². The van der Waals surface area contributed by atoms with Crippen LogP contribution in [0.1, 0.15) is 84.7 Å². The molecule has 0 saturated heterocycles. The molecule has 2 unspecified atom stereocenters. The van der Waals surface area contributed by atoms with E-state index in [2.05, 4.69) is 10.4 Å². The summed E-state index contributed by atoms with van der Waals surface area (Å²) >= 11 is 1.40.